The van der Waals surface area contributed by atoms with Crippen molar-refractivity contribution in [1.82, 2.24) is 9.80 Å². The molecule has 1 N–H and O–H groups in total. The molecule has 8 heteroatoms. The van der Waals surface area contributed by atoms with Crippen molar-refractivity contribution in [1.29, 1.82) is 0 Å². The molecule has 2 heterocycles. The average Bonchev–Trinajstić information content (AvgIpc) is 3.27. The van der Waals surface area contributed by atoms with Crippen molar-refractivity contribution >= 4 is 33.5 Å². The predicted molar refractivity (Wildman–Crippen MR) is 239 cm³/mol. The third kappa shape index (κ3) is 11.6. The van der Waals surface area contributed by atoms with Crippen LogP contribution in [0.4, 0.5) is 0 Å². The van der Waals surface area contributed by atoms with E-state index in [-0.39, 0.29) is 23.9 Å². The average molecular weight is 817 g/mol. The van der Waals surface area contributed by atoms with E-state index >= 15 is 0 Å². The zero-order valence-corrected chi connectivity index (χ0v) is 36.0. The van der Waals surface area contributed by atoms with Gasteiger partial charge in [-0.25, -0.2) is 0 Å². The van der Waals surface area contributed by atoms with Gasteiger partial charge < -0.3 is 19.3 Å². The lowest BCUT2D eigenvalue weighted by atomic mass is 9.84. The summed E-state index contributed by atoms with van der Waals surface area (Å²) in [6.07, 6.45) is 17.8. The Bertz CT molecular complexity index is 2020. The van der Waals surface area contributed by atoms with Crippen LogP contribution in [0.25, 0.3) is 21.5 Å². The van der Waals surface area contributed by atoms with Gasteiger partial charge >= 0.3 is 11.9 Å². The van der Waals surface area contributed by atoms with Crippen molar-refractivity contribution in [2.24, 2.45) is 23.7 Å². The highest BCUT2D eigenvalue weighted by molar-refractivity contribution is 5.85. The third-order valence-corrected chi connectivity index (χ3v) is 14.4. The number of hydrogen-bond donors (Lipinski definition) is 1. The number of carbonyl (C=O) groups is 2. The number of rotatable bonds is 16. The van der Waals surface area contributed by atoms with Gasteiger partial charge in [-0.3, -0.25) is 19.4 Å². The molecule has 2 aliphatic carbocycles. The number of carboxylic acids is 1. The van der Waals surface area contributed by atoms with Gasteiger partial charge in [0.15, 0.2) is 0 Å². The highest BCUT2D eigenvalue weighted by atomic mass is 16.5. The summed E-state index contributed by atoms with van der Waals surface area (Å²) in [4.78, 5) is 29.1. The normalized spacial score (nSPS) is 23.8. The number of hydrogen-bond acceptors (Lipinski definition) is 7. The van der Waals surface area contributed by atoms with E-state index in [0.29, 0.717) is 12.7 Å². The van der Waals surface area contributed by atoms with Gasteiger partial charge in [-0.1, -0.05) is 56.2 Å². The van der Waals surface area contributed by atoms with Gasteiger partial charge in [0.25, 0.3) is 0 Å². The van der Waals surface area contributed by atoms with Gasteiger partial charge in [-0.2, -0.15) is 0 Å². The second-order valence-corrected chi connectivity index (χ2v) is 18.7. The van der Waals surface area contributed by atoms with Crippen molar-refractivity contribution in [3.05, 3.63) is 83.9 Å². The molecule has 4 aromatic rings. The first kappa shape index (κ1) is 42.5. The fraction of sp³-hybridized carbons (Fsp3) is 0.577. The van der Waals surface area contributed by atoms with Crippen molar-refractivity contribution in [2.75, 3.05) is 32.8 Å². The number of carboxylic acid groups (broad SMARTS) is 1. The molecule has 4 aromatic carbocycles. The lowest BCUT2D eigenvalue weighted by Gasteiger charge is -2.31. The van der Waals surface area contributed by atoms with Crippen molar-refractivity contribution in [2.45, 2.75) is 135 Å². The molecule has 0 spiro atoms. The van der Waals surface area contributed by atoms with Crippen LogP contribution in [0.15, 0.2) is 72.8 Å². The number of fused-ring (bicyclic) bond motifs is 2. The van der Waals surface area contributed by atoms with E-state index < -0.39 is 5.97 Å². The zero-order valence-electron chi connectivity index (χ0n) is 36.0. The summed E-state index contributed by atoms with van der Waals surface area (Å²) in [6.45, 7) is 8.15. The minimum Gasteiger partial charge on any atom is -0.490 e. The molecule has 4 aliphatic rings. The first-order chi connectivity index (χ1) is 29.3. The van der Waals surface area contributed by atoms with Crippen LogP contribution >= 0.6 is 0 Å². The molecule has 8 rings (SSSR count). The second kappa shape index (κ2) is 20.6. The molecule has 0 unspecified atom stereocenters. The van der Waals surface area contributed by atoms with E-state index in [1.165, 1.54) is 84.0 Å². The molecular weight excluding hydrogens is 749 g/mol. The maximum atomic E-state index is 12.9. The molecular formula is C52H68N2O6. The number of piperidine rings is 2. The number of ether oxygens (including phenoxy) is 3. The molecule has 60 heavy (non-hydrogen) atoms. The minimum atomic E-state index is -0.659. The number of carbonyl (C=O) groups excluding carboxylic acids is 1. The molecule has 2 saturated heterocycles. The monoisotopic (exact) mass is 817 g/mol. The predicted octanol–water partition coefficient (Wildman–Crippen LogP) is 11.2. The lowest BCUT2D eigenvalue weighted by molar-refractivity contribution is -0.150. The number of likely N-dealkylation sites (tertiary alicyclic amines) is 2. The molecule has 0 atom stereocenters. The molecule has 8 nitrogen and oxygen atoms in total. The van der Waals surface area contributed by atoms with Crippen LogP contribution in [0, 0.1) is 23.7 Å². The molecule has 0 bridgehead atoms. The van der Waals surface area contributed by atoms with Crippen LogP contribution in [-0.4, -0.2) is 71.8 Å². The highest BCUT2D eigenvalue weighted by Crippen LogP contribution is 2.34. The Hall–Kier alpha value is -4.14. The minimum absolute atomic E-state index is 0.00160. The van der Waals surface area contributed by atoms with Gasteiger partial charge in [-0.15, -0.1) is 0 Å². The van der Waals surface area contributed by atoms with Gasteiger partial charge in [0.1, 0.15) is 11.5 Å². The van der Waals surface area contributed by atoms with Crippen LogP contribution in [-0.2, 0) is 27.4 Å². The van der Waals surface area contributed by atoms with Crippen LogP contribution in [0.3, 0.4) is 0 Å². The number of benzene rings is 4. The summed E-state index contributed by atoms with van der Waals surface area (Å²) in [5.74, 6) is 2.71. The smallest absolute Gasteiger partial charge is 0.309 e. The van der Waals surface area contributed by atoms with Crippen LogP contribution < -0.4 is 9.47 Å². The van der Waals surface area contributed by atoms with Crippen LogP contribution in [0.1, 0.15) is 121 Å². The Kier molecular flexibility index (Phi) is 14.6. The molecule has 2 aliphatic heterocycles. The molecule has 0 amide bonds. The first-order valence-corrected chi connectivity index (χ1v) is 23.6. The molecule has 2 saturated carbocycles. The number of nitrogens with zero attached hydrogens (tertiary/aromatic N) is 2. The standard InChI is InChI=1S/C52H68N2O6/c1-2-37-8-16-47(17-9-37)59-49-20-14-44-32-40(7-13-45(44)33-49)36-54-28-24-42(25-29-54)52(57)58-30-4-3-5-38-10-18-48(19-11-38)60-50-21-15-43-31-39(6-12-46(43)34-50)35-53-26-22-41(23-27-53)51(55)56/h6-7,12-15,20-21,31-34,37-38,41-42,47-48H,2-5,8-11,16-19,22-30,35-36H2,1H3,(H,55,56). The Morgan fingerprint density at radius 3 is 1.53 bits per heavy atom. The number of esters is 1. The van der Waals surface area contributed by atoms with Crippen LogP contribution in [0.5, 0.6) is 11.5 Å². The Labute approximate surface area is 357 Å². The zero-order chi connectivity index (χ0) is 41.3. The summed E-state index contributed by atoms with van der Waals surface area (Å²) >= 11 is 0. The molecule has 4 fully saturated rings. The Morgan fingerprint density at radius 2 is 1.03 bits per heavy atom. The van der Waals surface area contributed by atoms with Gasteiger partial charge in [-0.05, 0) is 197 Å². The summed E-state index contributed by atoms with van der Waals surface area (Å²) < 4.78 is 18.7. The summed E-state index contributed by atoms with van der Waals surface area (Å²) in [6, 6.07) is 26.4. The maximum absolute atomic E-state index is 12.9. The van der Waals surface area contributed by atoms with Gasteiger partial charge in [0, 0.05) is 13.1 Å². The molecule has 0 aromatic heterocycles. The quantitative estimate of drug-likeness (QED) is 0.0883. The van der Waals surface area contributed by atoms with E-state index in [4.69, 9.17) is 14.2 Å². The fourth-order valence-corrected chi connectivity index (χ4v) is 10.5. The summed E-state index contributed by atoms with van der Waals surface area (Å²) in [5, 5.41) is 14.2. The molecule has 322 valence electrons. The highest BCUT2D eigenvalue weighted by Gasteiger charge is 2.28. The van der Waals surface area contributed by atoms with Gasteiger partial charge in [0.2, 0.25) is 0 Å². The molecule has 0 radical (unpaired) electrons. The van der Waals surface area contributed by atoms with E-state index in [2.05, 4.69) is 89.5 Å². The Balaban J connectivity index is 0.677. The van der Waals surface area contributed by atoms with Gasteiger partial charge in [0.05, 0.1) is 30.7 Å². The fourth-order valence-electron chi connectivity index (χ4n) is 10.5. The summed E-state index contributed by atoms with van der Waals surface area (Å²) in [7, 11) is 0. The van der Waals surface area contributed by atoms with Crippen molar-refractivity contribution < 1.29 is 28.9 Å². The SMILES string of the molecule is CCC1CCC(Oc2ccc3cc(CN4CCC(C(=O)OCCCCC5CCC(Oc6ccc7cc(CN8CCC(C(=O)O)CC8)ccc7c6)CC5)CC4)ccc3c2)CC1. The lowest BCUT2D eigenvalue weighted by Crippen LogP contribution is -2.36. The largest absolute Gasteiger partial charge is 0.490 e. The second-order valence-electron chi connectivity index (χ2n) is 18.7. The first-order valence-electron chi connectivity index (χ1n) is 23.6. The van der Waals surface area contributed by atoms with E-state index in [1.54, 1.807) is 0 Å². The number of aliphatic carboxylic acids is 1. The van der Waals surface area contributed by atoms with Crippen molar-refractivity contribution in [3.63, 3.8) is 0 Å². The van der Waals surface area contributed by atoms with Crippen LogP contribution in [0.2, 0.25) is 0 Å². The topological polar surface area (TPSA) is 88.5 Å². The Morgan fingerprint density at radius 1 is 0.567 bits per heavy atom. The third-order valence-electron chi connectivity index (χ3n) is 14.4. The van der Waals surface area contributed by atoms with E-state index in [9.17, 15) is 14.7 Å². The van der Waals surface area contributed by atoms with Crippen molar-refractivity contribution in [3.8, 4) is 11.5 Å². The van der Waals surface area contributed by atoms with E-state index in [0.717, 1.165) is 114 Å². The number of unbranched alkanes of at least 4 members (excludes halogenated alkanes) is 1. The summed E-state index contributed by atoms with van der Waals surface area (Å²) in [5.41, 5.74) is 2.59. The van der Waals surface area contributed by atoms with E-state index in [1.807, 2.05) is 0 Å². The maximum Gasteiger partial charge on any atom is 0.309 e.